The molecule has 1 unspecified atom stereocenters. The lowest BCUT2D eigenvalue weighted by atomic mass is 10.2. The molecule has 118 valence electrons. The average Bonchev–Trinajstić information content (AvgIpc) is 2.92. The summed E-state index contributed by atoms with van der Waals surface area (Å²) in [6, 6.07) is 2.85. The topological polar surface area (TPSA) is 84.9 Å². The van der Waals surface area contributed by atoms with Crippen LogP contribution in [0.15, 0.2) is 18.2 Å². The van der Waals surface area contributed by atoms with E-state index in [0.717, 1.165) is 17.0 Å². The number of esters is 1. The highest BCUT2D eigenvalue weighted by Crippen LogP contribution is 2.21. The summed E-state index contributed by atoms with van der Waals surface area (Å²) in [7, 11) is 1.33. The maximum absolute atomic E-state index is 13.2. The molecule has 1 saturated heterocycles. The molecule has 2 rings (SSSR count). The zero-order valence-electron chi connectivity index (χ0n) is 12.1. The van der Waals surface area contributed by atoms with Gasteiger partial charge in [0.2, 0.25) is 0 Å². The lowest BCUT2D eigenvalue weighted by Crippen LogP contribution is -2.41. The van der Waals surface area contributed by atoms with Crippen molar-refractivity contribution < 1.29 is 28.2 Å². The lowest BCUT2D eigenvalue weighted by molar-refractivity contribution is -0.136. The molecule has 0 aliphatic carbocycles. The molecule has 0 spiro atoms. The lowest BCUT2D eigenvalue weighted by Gasteiger charge is -2.18. The number of methoxy groups -OCH3 is 1. The zero-order valence-corrected chi connectivity index (χ0v) is 12.1. The van der Waals surface area contributed by atoms with Gasteiger partial charge >= 0.3 is 12.0 Å². The average molecular weight is 310 g/mol. The van der Waals surface area contributed by atoms with Crippen molar-refractivity contribution in [3.63, 3.8) is 0 Å². The van der Waals surface area contributed by atoms with Gasteiger partial charge in [-0.05, 0) is 25.1 Å². The molecule has 1 N–H and O–H groups in total. The Hall–Kier alpha value is -2.64. The number of amides is 3. The van der Waals surface area contributed by atoms with Crippen LogP contribution in [0.5, 0.6) is 5.75 Å². The van der Waals surface area contributed by atoms with Crippen LogP contribution in [0.3, 0.4) is 0 Å². The number of nitrogens with zero attached hydrogens (tertiary/aromatic N) is 1. The van der Waals surface area contributed by atoms with E-state index in [4.69, 9.17) is 9.47 Å². The second kappa shape index (κ2) is 6.42. The Balaban J connectivity index is 2.09. The van der Waals surface area contributed by atoms with Gasteiger partial charge in [-0.3, -0.25) is 9.69 Å². The number of carbonyl (C=O) groups excluding carboxylic acids is 3. The van der Waals surface area contributed by atoms with Crippen molar-refractivity contribution in [3.05, 3.63) is 29.6 Å². The monoisotopic (exact) mass is 310 g/mol. The molecule has 1 aliphatic heterocycles. The summed E-state index contributed by atoms with van der Waals surface area (Å²) in [6.45, 7) is 1.91. The van der Waals surface area contributed by atoms with Gasteiger partial charge in [0.15, 0.2) is 6.10 Å². The van der Waals surface area contributed by atoms with Crippen LogP contribution in [-0.4, -0.2) is 49.1 Å². The van der Waals surface area contributed by atoms with Crippen molar-refractivity contribution in [3.8, 4) is 5.75 Å². The van der Waals surface area contributed by atoms with E-state index in [1.165, 1.54) is 20.1 Å². The number of hydrogen-bond donors (Lipinski definition) is 1. The van der Waals surface area contributed by atoms with E-state index in [0.29, 0.717) is 6.54 Å². The summed E-state index contributed by atoms with van der Waals surface area (Å²) >= 11 is 0. The van der Waals surface area contributed by atoms with Crippen LogP contribution in [0.1, 0.15) is 17.3 Å². The maximum atomic E-state index is 13.2. The summed E-state index contributed by atoms with van der Waals surface area (Å²) in [6.07, 6.45) is -1.18. The summed E-state index contributed by atoms with van der Waals surface area (Å²) < 4.78 is 23.2. The predicted octanol–water partition coefficient (Wildman–Crippen LogP) is 0.931. The van der Waals surface area contributed by atoms with Crippen LogP contribution < -0.4 is 10.1 Å². The van der Waals surface area contributed by atoms with E-state index in [1.54, 1.807) is 0 Å². The minimum absolute atomic E-state index is 0.130. The molecule has 8 heteroatoms. The van der Waals surface area contributed by atoms with Gasteiger partial charge in [0, 0.05) is 13.1 Å². The normalized spacial score (nSPS) is 15.2. The number of benzene rings is 1. The van der Waals surface area contributed by atoms with Gasteiger partial charge in [0.25, 0.3) is 5.91 Å². The summed E-state index contributed by atoms with van der Waals surface area (Å²) in [5.74, 6) is -2.05. The molecule has 0 radical (unpaired) electrons. The van der Waals surface area contributed by atoms with E-state index < -0.39 is 29.8 Å². The van der Waals surface area contributed by atoms with Crippen molar-refractivity contribution >= 4 is 17.9 Å². The fourth-order valence-electron chi connectivity index (χ4n) is 2.02. The number of halogens is 1. The first-order valence-corrected chi connectivity index (χ1v) is 6.57. The third kappa shape index (κ3) is 3.16. The summed E-state index contributed by atoms with van der Waals surface area (Å²) in [5, 5.41) is 2.47. The maximum Gasteiger partial charge on any atom is 0.342 e. The molecular formula is C14H15FN2O5. The van der Waals surface area contributed by atoms with Gasteiger partial charge in [-0.2, -0.15) is 0 Å². The van der Waals surface area contributed by atoms with Gasteiger partial charge in [-0.15, -0.1) is 0 Å². The van der Waals surface area contributed by atoms with Crippen LogP contribution in [0, 0.1) is 5.82 Å². The number of hydrogen-bond acceptors (Lipinski definition) is 5. The third-order valence-corrected chi connectivity index (χ3v) is 3.14. The van der Waals surface area contributed by atoms with Crippen molar-refractivity contribution in [2.24, 2.45) is 0 Å². The highest BCUT2D eigenvalue weighted by atomic mass is 19.1. The number of urea groups is 1. The van der Waals surface area contributed by atoms with E-state index in [2.05, 4.69) is 5.32 Å². The van der Waals surface area contributed by atoms with Gasteiger partial charge < -0.3 is 14.8 Å². The largest absolute Gasteiger partial charge is 0.496 e. The van der Waals surface area contributed by atoms with E-state index >= 15 is 0 Å². The van der Waals surface area contributed by atoms with E-state index in [-0.39, 0.29) is 17.9 Å². The number of ether oxygens (including phenoxy) is 2. The Morgan fingerprint density at radius 2 is 2.14 bits per heavy atom. The van der Waals surface area contributed by atoms with Crippen LogP contribution in [0.2, 0.25) is 0 Å². The molecule has 0 saturated carbocycles. The first kappa shape index (κ1) is 15.7. The summed E-state index contributed by atoms with van der Waals surface area (Å²) in [4.78, 5) is 36.4. The quantitative estimate of drug-likeness (QED) is 0.836. The standard InChI is InChI=1S/C14H15FN2O5/c1-8(12(18)17-6-5-16-14(17)20)22-13(19)10-7-9(15)3-4-11(10)21-2/h3-4,7-8H,5-6H2,1-2H3,(H,16,20). The Bertz CT molecular complexity index is 619. The smallest absolute Gasteiger partial charge is 0.342 e. The molecule has 1 fully saturated rings. The fourth-order valence-corrected chi connectivity index (χ4v) is 2.02. The molecule has 0 bridgehead atoms. The highest BCUT2D eigenvalue weighted by molar-refractivity contribution is 6.00. The summed E-state index contributed by atoms with van der Waals surface area (Å²) in [5.41, 5.74) is -0.131. The van der Waals surface area contributed by atoms with Crippen molar-refractivity contribution in [2.45, 2.75) is 13.0 Å². The first-order chi connectivity index (χ1) is 10.4. The van der Waals surface area contributed by atoms with Crippen LogP contribution in [0.4, 0.5) is 9.18 Å². The molecule has 1 aliphatic rings. The third-order valence-electron chi connectivity index (χ3n) is 3.14. The minimum atomic E-state index is -1.18. The van der Waals surface area contributed by atoms with Gasteiger partial charge in [0.1, 0.15) is 17.1 Å². The Morgan fingerprint density at radius 3 is 2.73 bits per heavy atom. The molecule has 7 nitrogen and oxygen atoms in total. The fraction of sp³-hybridized carbons (Fsp3) is 0.357. The number of carbonyl (C=O) groups is 3. The van der Waals surface area contributed by atoms with Gasteiger partial charge in [0.05, 0.1) is 7.11 Å². The predicted molar refractivity (Wildman–Crippen MR) is 72.9 cm³/mol. The number of imide groups is 1. The van der Waals surface area contributed by atoms with Crippen molar-refractivity contribution in [1.29, 1.82) is 0 Å². The molecule has 22 heavy (non-hydrogen) atoms. The second-order valence-corrected chi connectivity index (χ2v) is 4.61. The van der Waals surface area contributed by atoms with Crippen molar-refractivity contribution in [1.82, 2.24) is 10.2 Å². The van der Waals surface area contributed by atoms with E-state index in [9.17, 15) is 18.8 Å². The Kier molecular flexibility index (Phi) is 4.59. The van der Waals surface area contributed by atoms with Gasteiger partial charge in [-0.25, -0.2) is 14.0 Å². The van der Waals surface area contributed by atoms with Crippen molar-refractivity contribution in [2.75, 3.05) is 20.2 Å². The second-order valence-electron chi connectivity index (χ2n) is 4.61. The molecule has 3 amide bonds. The Morgan fingerprint density at radius 1 is 1.41 bits per heavy atom. The molecule has 1 aromatic rings. The Labute approximate surface area is 126 Å². The molecule has 1 atom stereocenters. The van der Waals surface area contributed by atoms with E-state index in [1.807, 2.05) is 0 Å². The highest BCUT2D eigenvalue weighted by Gasteiger charge is 2.32. The number of nitrogens with one attached hydrogen (secondary N) is 1. The molecule has 0 aromatic heterocycles. The molecule has 1 aromatic carbocycles. The molecule has 1 heterocycles. The van der Waals surface area contributed by atoms with Crippen LogP contribution >= 0.6 is 0 Å². The first-order valence-electron chi connectivity index (χ1n) is 6.57. The number of rotatable bonds is 4. The van der Waals surface area contributed by atoms with Gasteiger partial charge in [-0.1, -0.05) is 0 Å². The zero-order chi connectivity index (χ0) is 16.3. The molecular weight excluding hydrogens is 295 g/mol. The van der Waals surface area contributed by atoms with Crippen LogP contribution in [-0.2, 0) is 9.53 Å². The SMILES string of the molecule is COc1ccc(F)cc1C(=O)OC(C)C(=O)N1CCNC1=O. The van der Waals surface area contributed by atoms with Crippen LogP contribution in [0.25, 0.3) is 0 Å². The minimum Gasteiger partial charge on any atom is -0.496 e.